The van der Waals surface area contributed by atoms with E-state index < -0.39 is 0 Å². The molecule has 1 N–H and O–H groups in total. The second kappa shape index (κ2) is 3.72. The Bertz CT molecular complexity index is 248. The summed E-state index contributed by atoms with van der Waals surface area (Å²) >= 11 is 3.36. The van der Waals surface area contributed by atoms with E-state index in [0.717, 1.165) is 22.5 Å². The maximum atomic E-state index is 4.27. The van der Waals surface area contributed by atoms with E-state index in [1.807, 2.05) is 19.1 Å². The molecule has 1 aromatic rings. The lowest BCUT2D eigenvalue weighted by molar-refractivity contribution is 1.13. The molecule has 0 amide bonds. The van der Waals surface area contributed by atoms with Gasteiger partial charge in [0.2, 0.25) is 0 Å². The van der Waals surface area contributed by atoms with Crippen molar-refractivity contribution in [1.29, 1.82) is 0 Å². The average molecular weight is 215 g/mol. The predicted octanol–water partition coefficient (Wildman–Crippen LogP) is 2.58. The lowest BCUT2D eigenvalue weighted by Crippen LogP contribution is -1.99. The Morgan fingerprint density at radius 1 is 1.55 bits per heavy atom. The summed E-state index contributed by atoms with van der Waals surface area (Å²) < 4.78 is 0.913. The van der Waals surface area contributed by atoms with Crippen molar-refractivity contribution in [2.45, 2.75) is 13.8 Å². The molecule has 0 aromatic carbocycles. The van der Waals surface area contributed by atoms with Crippen LogP contribution in [-0.2, 0) is 0 Å². The third kappa shape index (κ3) is 2.19. The van der Waals surface area contributed by atoms with Crippen molar-refractivity contribution in [2.24, 2.45) is 0 Å². The maximum Gasteiger partial charge on any atom is 0.127 e. The highest BCUT2D eigenvalue weighted by Crippen LogP contribution is 2.15. The number of hydrogen-bond acceptors (Lipinski definition) is 2. The Labute approximate surface area is 75.2 Å². The fourth-order valence-corrected chi connectivity index (χ4v) is 1.11. The van der Waals surface area contributed by atoms with Crippen LogP contribution < -0.4 is 5.32 Å². The molecule has 0 fully saturated rings. The van der Waals surface area contributed by atoms with Gasteiger partial charge in [-0.3, -0.25) is 0 Å². The summed E-state index contributed by atoms with van der Waals surface area (Å²) in [6.07, 6.45) is 0. The molecule has 11 heavy (non-hydrogen) atoms. The Hall–Kier alpha value is -0.570. The van der Waals surface area contributed by atoms with Crippen LogP contribution in [0.4, 0.5) is 5.82 Å². The summed E-state index contributed by atoms with van der Waals surface area (Å²) in [6.45, 7) is 4.98. The Morgan fingerprint density at radius 2 is 2.27 bits per heavy atom. The van der Waals surface area contributed by atoms with Gasteiger partial charge in [-0.2, -0.15) is 0 Å². The molecule has 0 bridgehead atoms. The highest BCUT2D eigenvalue weighted by molar-refractivity contribution is 9.10. The van der Waals surface area contributed by atoms with Crippen LogP contribution in [0, 0.1) is 6.92 Å². The van der Waals surface area contributed by atoms with Crippen molar-refractivity contribution in [1.82, 2.24) is 4.98 Å². The average Bonchev–Trinajstić information content (AvgIpc) is 1.98. The molecule has 2 nitrogen and oxygen atoms in total. The summed E-state index contributed by atoms with van der Waals surface area (Å²) in [7, 11) is 0. The number of pyridine rings is 1. The van der Waals surface area contributed by atoms with Gasteiger partial charge in [-0.15, -0.1) is 0 Å². The lowest BCUT2D eigenvalue weighted by Gasteiger charge is -2.03. The van der Waals surface area contributed by atoms with Gasteiger partial charge in [-0.05, 0) is 41.4 Å². The van der Waals surface area contributed by atoms with E-state index in [2.05, 4.69) is 33.2 Å². The minimum Gasteiger partial charge on any atom is -0.370 e. The monoisotopic (exact) mass is 214 g/mol. The second-order valence-electron chi connectivity index (χ2n) is 2.33. The molecule has 1 heterocycles. The van der Waals surface area contributed by atoms with Gasteiger partial charge in [0, 0.05) is 6.54 Å². The Morgan fingerprint density at radius 3 is 2.82 bits per heavy atom. The topological polar surface area (TPSA) is 24.9 Å². The van der Waals surface area contributed by atoms with Crippen LogP contribution >= 0.6 is 15.9 Å². The largest absolute Gasteiger partial charge is 0.370 e. The minimum absolute atomic E-state index is 0.905. The third-order valence-corrected chi connectivity index (χ3v) is 2.20. The SMILES string of the molecule is CCNc1ccc(C)c(Br)n1. The van der Waals surface area contributed by atoms with Crippen LogP contribution in [-0.4, -0.2) is 11.5 Å². The third-order valence-electron chi connectivity index (χ3n) is 1.39. The van der Waals surface area contributed by atoms with Crippen molar-refractivity contribution >= 4 is 21.7 Å². The fourth-order valence-electron chi connectivity index (χ4n) is 0.783. The number of rotatable bonds is 2. The van der Waals surface area contributed by atoms with Gasteiger partial charge in [0.15, 0.2) is 0 Å². The molecule has 1 rings (SSSR count). The molecule has 1 aromatic heterocycles. The van der Waals surface area contributed by atoms with E-state index in [4.69, 9.17) is 0 Å². The summed E-state index contributed by atoms with van der Waals surface area (Å²) in [5.74, 6) is 0.921. The molecule has 0 atom stereocenters. The minimum atomic E-state index is 0.905. The van der Waals surface area contributed by atoms with Crippen molar-refractivity contribution in [2.75, 3.05) is 11.9 Å². The van der Waals surface area contributed by atoms with Gasteiger partial charge in [0.1, 0.15) is 10.4 Å². The van der Waals surface area contributed by atoms with E-state index >= 15 is 0 Å². The predicted molar refractivity (Wildman–Crippen MR) is 50.8 cm³/mol. The van der Waals surface area contributed by atoms with Crippen LogP contribution in [0.15, 0.2) is 16.7 Å². The molecular weight excluding hydrogens is 204 g/mol. The van der Waals surface area contributed by atoms with Gasteiger partial charge in [0.25, 0.3) is 0 Å². The first-order chi connectivity index (χ1) is 5.24. The molecule has 0 unspecified atom stereocenters. The molecular formula is C8H11BrN2. The number of aryl methyl sites for hydroxylation is 1. The zero-order chi connectivity index (χ0) is 8.27. The van der Waals surface area contributed by atoms with Gasteiger partial charge in [-0.25, -0.2) is 4.98 Å². The van der Waals surface area contributed by atoms with E-state index in [1.165, 1.54) is 0 Å². The maximum absolute atomic E-state index is 4.27. The number of nitrogens with zero attached hydrogens (tertiary/aromatic N) is 1. The molecule has 3 heteroatoms. The van der Waals surface area contributed by atoms with Crippen LogP contribution in [0.1, 0.15) is 12.5 Å². The first kappa shape index (κ1) is 8.53. The molecule has 0 aliphatic rings. The number of halogens is 1. The van der Waals surface area contributed by atoms with E-state index in [0.29, 0.717) is 0 Å². The number of nitrogens with one attached hydrogen (secondary N) is 1. The number of anilines is 1. The number of aromatic nitrogens is 1. The lowest BCUT2D eigenvalue weighted by atomic mass is 10.3. The Balaban J connectivity index is 2.86. The van der Waals surface area contributed by atoms with Gasteiger partial charge < -0.3 is 5.32 Å². The van der Waals surface area contributed by atoms with E-state index in [9.17, 15) is 0 Å². The quantitative estimate of drug-likeness (QED) is 0.767. The van der Waals surface area contributed by atoms with E-state index in [-0.39, 0.29) is 0 Å². The number of hydrogen-bond donors (Lipinski definition) is 1. The highest BCUT2D eigenvalue weighted by Gasteiger charge is 1.96. The molecule has 0 radical (unpaired) electrons. The molecule has 0 spiro atoms. The summed E-state index contributed by atoms with van der Waals surface area (Å²) in [5, 5.41) is 3.13. The zero-order valence-corrected chi connectivity index (χ0v) is 8.27. The smallest absolute Gasteiger partial charge is 0.127 e. The van der Waals surface area contributed by atoms with Crippen LogP contribution in [0.2, 0.25) is 0 Å². The summed E-state index contributed by atoms with van der Waals surface area (Å²) in [4.78, 5) is 4.27. The van der Waals surface area contributed by atoms with Gasteiger partial charge in [0.05, 0.1) is 0 Å². The highest BCUT2D eigenvalue weighted by atomic mass is 79.9. The summed E-state index contributed by atoms with van der Waals surface area (Å²) in [5.41, 5.74) is 1.16. The van der Waals surface area contributed by atoms with Gasteiger partial charge >= 0.3 is 0 Å². The normalized spacial score (nSPS) is 9.73. The van der Waals surface area contributed by atoms with Crippen LogP contribution in [0.25, 0.3) is 0 Å². The van der Waals surface area contributed by atoms with Crippen molar-refractivity contribution in [3.05, 3.63) is 22.3 Å². The Kier molecular flexibility index (Phi) is 2.88. The zero-order valence-electron chi connectivity index (χ0n) is 6.69. The van der Waals surface area contributed by atoms with E-state index in [1.54, 1.807) is 0 Å². The molecule has 60 valence electrons. The van der Waals surface area contributed by atoms with Crippen molar-refractivity contribution in [3.8, 4) is 0 Å². The second-order valence-corrected chi connectivity index (χ2v) is 3.09. The standard InChI is InChI=1S/C8H11BrN2/c1-3-10-7-5-4-6(2)8(9)11-7/h4-5H,3H2,1-2H3,(H,10,11). The van der Waals surface area contributed by atoms with Gasteiger partial charge in [-0.1, -0.05) is 6.07 Å². The van der Waals surface area contributed by atoms with Crippen LogP contribution in [0.5, 0.6) is 0 Å². The fraction of sp³-hybridized carbons (Fsp3) is 0.375. The molecule has 0 aliphatic heterocycles. The first-order valence-corrected chi connectivity index (χ1v) is 4.40. The molecule has 0 saturated carbocycles. The molecule has 0 saturated heterocycles. The molecule has 0 aliphatic carbocycles. The first-order valence-electron chi connectivity index (χ1n) is 3.61. The summed E-state index contributed by atoms with van der Waals surface area (Å²) in [6, 6.07) is 4.01. The van der Waals surface area contributed by atoms with Crippen molar-refractivity contribution < 1.29 is 0 Å². The van der Waals surface area contributed by atoms with Crippen molar-refractivity contribution in [3.63, 3.8) is 0 Å². The van der Waals surface area contributed by atoms with Crippen LogP contribution in [0.3, 0.4) is 0 Å².